The number of aromatic hydroxyl groups is 2. The van der Waals surface area contributed by atoms with Gasteiger partial charge in [0.05, 0.1) is 55.3 Å². The molecule has 0 aromatic heterocycles. The number of phenols is 2. The normalized spacial score (nSPS) is 33.7. The molecule has 3 heterocycles. The average molecular weight is 621 g/mol. The Morgan fingerprint density at radius 2 is 1.87 bits per heavy atom. The molecule has 2 aliphatic carbocycles. The van der Waals surface area contributed by atoms with Crippen molar-refractivity contribution in [2.75, 3.05) is 20.3 Å². The third kappa shape index (κ3) is 4.32. The number of carbonyl (C=O) groups excluding carboxylic acids is 3. The maximum Gasteiger partial charge on any atom is 0.202 e. The molecule has 3 aliphatic heterocycles. The molecule has 3 saturated heterocycles. The Hall–Kier alpha value is -3.90. The van der Waals surface area contributed by atoms with Gasteiger partial charge in [-0.2, -0.15) is 5.26 Å². The van der Waals surface area contributed by atoms with Crippen molar-refractivity contribution in [3.8, 4) is 23.3 Å². The lowest BCUT2D eigenvalue weighted by Gasteiger charge is -2.43. The van der Waals surface area contributed by atoms with Gasteiger partial charge in [0.2, 0.25) is 5.78 Å². The summed E-state index contributed by atoms with van der Waals surface area (Å²) < 4.78 is 29.6. The molecule has 5 aliphatic rings. The van der Waals surface area contributed by atoms with Crippen LogP contribution < -0.4 is 4.74 Å². The van der Waals surface area contributed by atoms with Gasteiger partial charge in [-0.05, 0) is 19.9 Å². The summed E-state index contributed by atoms with van der Waals surface area (Å²) >= 11 is 0. The van der Waals surface area contributed by atoms with Crippen LogP contribution in [0.1, 0.15) is 75.8 Å². The third-order valence-corrected chi connectivity index (χ3v) is 9.76. The Kier molecular flexibility index (Phi) is 7.01. The smallest absolute Gasteiger partial charge is 0.202 e. The zero-order chi connectivity index (χ0) is 31.9. The van der Waals surface area contributed by atoms with E-state index < -0.39 is 82.8 Å². The van der Waals surface area contributed by atoms with Crippen molar-refractivity contribution in [1.82, 2.24) is 4.90 Å². The molecule has 236 valence electrons. The van der Waals surface area contributed by atoms with Crippen LogP contribution in [0.5, 0.6) is 17.2 Å². The summed E-state index contributed by atoms with van der Waals surface area (Å²) in [6.45, 7) is 3.53. The van der Waals surface area contributed by atoms with Crippen molar-refractivity contribution >= 4 is 17.3 Å². The second kappa shape index (κ2) is 10.6. The first-order chi connectivity index (χ1) is 21.5. The number of hydrogen-bond donors (Lipinski definition) is 3. The van der Waals surface area contributed by atoms with Crippen molar-refractivity contribution < 1.29 is 53.4 Å². The number of nitrogens with zero attached hydrogens (tertiary/aromatic N) is 2. The summed E-state index contributed by atoms with van der Waals surface area (Å²) in [4.78, 5) is 42.2. The van der Waals surface area contributed by atoms with Crippen LogP contribution in [0, 0.1) is 11.3 Å². The molecule has 3 fully saturated rings. The predicted octanol–water partition coefficient (Wildman–Crippen LogP) is 1.66. The summed E-state index contributed by atoms with van der Waals surface area (Å²) in [5.41, 5.74) is -3.00. The number of phenolic OH excluding ortho intramolecular Hbond substituents is 2. The SMILES string of the molecule is COc1cccc2c1C(=O)c1c(O)c3c(c(O)c1C2=O)C[C@@](O)(C(C)=O)C[C@@H]3OC1CC2C(OC3COCC(C#N)N32)C(C)O1. The summed E-state index contributed by atoms with van der Waals surface area (Å²) in [6, 6.07) is 5.91. The number of Topliss-reactive ketones (excluding diaryl/α,β-unsaturated/α-hetero) is 1. The number of ketones is 3. The molecular weight excluding hydrogens is 588 g/mol. The van der Waals surface area contributed by atoms with Gasteiger partial charge in [-0.25, -0.2) is 0 Å². The Bertz CT molecular complexity index is 1680. The quantitative estimate of drug-likeness (QED) is 0.358. The van der Waals surface area contributed by atoms with Crippen LogP contribution in [0.25, 0.3) is 0 Å². The highest BCUT2D eigenvalue weighted by atomic mass is 16.7. The number of carbonyl (C=O) groups is 3. The number of morpholine rings is 1. The number of methoxy groups -OCH3 is 1. The van der Waals surface area contributed by atoms with E-state index in [1.807, 2.05) is 11.8 Å². The van der Waals surface area contributed by atoms with Gasteiger partial charge >= 0.3 is 0 Å². The molecule has 13 nitrogen and oxygen atoms in total. The van der Waals surface area contributed by atoms with Crippen LogP contribution in [0.3, 0.4) is 0 Å². The van der Waals surface area contributed by atoms with Gasteiger partial charge in [0.1, 0.15) is 41.2 Å². The molecule has 2 aromatic rings. The summed E-state index contributed by atoms with van der Waals surface area (Å²) in [7, 11) is 1.35. The molecule has 0 bridgehead atoms. The lowest BCUT2D eigenvalue weighted by molar-refractivity contribution is -0.247. The molecule has 6 unspecified atom stereocenters. The third-order valence-electron chi connectivity index (χ3n) is 9.76. The number of ether oxygens (including phenoxy) is 5. The van der Waals surface area contributed by atoms with E-state index in [2.05, 4.69) is 6.07 Å². The van der Waals surface area contributed by atoms with Crippen LogP contribution in [0.2, 0.25) is 0 Å². The van der Waals surface area contributed by atoms with E-state index in [-0.39, 0.29) is 59.6 Å². The second-order valence-corrected chi connectivity index (χ2v) is 12.2. The Labute approximate surface area is 257 Å². The highest BCUT2D eigenvalue weighted by Gasteiger charge is 2.55. The first-order valence-corrected chi connectivity index (χ1v) is 14.8. The number of aliphatic hydroxyl groups is 1. The van der Waals surface area contributed by atoms with Crippen LogP contribution in [0.4, 0.5) is 0 Å². The highest BCUT2D eigenvalue weighted by Crippen LogP contribution is 2.53. The molecule has 7 rings (SSSR count). The van der Waals surface area contributed by atoms with Gasteiger partial charge < -0.3 is 39.0 Å². The maximum atomic E-state index is 13.9. The minimum Gasteiger partial charge on any atom is -0.507 e. The fourth-order valence-electron chi connectivity index (χ4n) is 7.58. The van der Waals surface area contributed by atoms with E-state index in [0.717, 1.165) is 0 Å². The molecule has 0 amide bonds. The molecule has 13 heteroatoms. The monoisotopic (exact) mass is 620 g/mol. The maximum absolute atomic E-state index is 13.9. The van der Waals surface area contributed by atoms with Crippen molar-refractivity contribution in [2.24, 2.45) is 0 Å². The number of benzene rings is 2. The van der Waals surface area contributed by atoms with Gasteiger partial charge in [-0.15, -0.1) is 0 Å². The molecular formula is C32H32N2O11. The average Bonchev–Trinajstić information content (AvgIpc) is 3.40. The Morgan fingerprint density at radius 1 is 1.11 bits per heavy atom. The van der Waals surface area contributed by atoms with Crippen LogP contribution >= 0.6 is 0 Å². The molecule has 8 atom stereocenters. The Balaban J connectivity index is 1.31. The number of hydrogen-bond acceptors (Lipinski definition) is 13. The fraction of sp³-hybridized carbons (Fsp3) is 0.500. The minimum atomic E-state index is -2.01. The Morgan fingerprint density at radius 3 is 2.58 bits per heavy atom. The lowest BCUT2D eigenvalue weighted by Crippen LogP contribution is -2.56. The molecule has 45 heavy (non-hydrogen) atoms. The van der Waals surface area contributed by atoms with Crippen LogP contribution in [-0.2, 0) is 30.2 Å². The zero-order valence-electron chi connectivity index (χ0n) is 24.8. The molecule has 0 radical (unpaired) electrons. The van der Waals surface area contributed by atoms with Gasteiger partial charge in [-0.3, -0.25) is 19.3 Å². The van der Waals surface area contributed by atoms with Crippen molar-refractivity contribution in [2.45, 2.75) is 81.6 Å². The summed E-state index contributed by atoms with van der Waals surface area (Å²) in [5, 5.41) is 44.5. The van der Waals surface area contributed by atoms with E-state index in [1.165, 1.54) is 32.2 Å². The number of fused-ring (bicyclic) bond motifs is 6. The van der Waals surface area contributed by atoms with E-state index in [0.29, 0.717) is 6.61 Å². The summed E-state index contributed by atoms with van der Waals surface area (Å²) in [6.07, 6.45) is -3.96. The minimum absolute atomic E-state index is 0.0121. The molecule has 3 N–H and O–H groups in total. The van der Waals surface area contributed by atoms with Crippen LogP contribution in [-0.4, -0.2) is 100 Å². The molecule has 2 aromatic carbocycles. The van der Waals surface area contributed by atoms with Gasteiger partial charge in [0, 0.05) is 42.0 Å². The van der Waals surface area contributed by atoms with E-state index in [1.54, 1.807) is 0 Å². The highest BCUT2D eigenvalue weighted by molar-refractivity contribution is 6.31. The van der Waals surface area contributed by atoms with Crippen molar-refractivity contribution in [3.63, 3.8) is 0 Å². The first kappa shape index (κ1) is 29.8. The summed E-state index contributed by atoms with van der Waals surface area (Å²) in [5.74, 6) is -3.13. The predicted molar refractivity (Wildman–Crippen MR) is 151 cm³/mol. The number of nitriles is 1. The van der Waals surface area contributed by atoms with E-state index in [9.17, 15) is 35.0 Å². The van der Waals surface area contributed by atoms with Gasteiger partial charge in [0.25, 0.3) is 0 Å². The molecule has 0 saturated carbocycles. The topological polar surface area (TPSA) is 185 Å². The number of rotatable bonds is 4. The standard InChI is InChI=1S/C32H32N2O11/c1-13-31-18(34-15(10-33)11-42-12-21(34)45-31)7-22(43-13)44-20-9-32(40,14(2)35)8-17-24(20)30(39)26-25(28(17)37)27(36)16-5-4-6-19(41-3)23(16)29(26)38/h4-6,13,15,18,20-22,31,37,39-40H,7-9,11-12H2,1-3H3/t13?,15?,18?,20-,21?,22?,31?,32-/m0/s1. The largest absolute Gasteiger partial charge is 0.507 e. The van der Waals surface area contributed by atoms with Crippen molar-refractivity contribution in [3.05, 3.63) is 51.6 Å². The second-order valence-electron chi connectivity index (χ2n) is 12.2. The molecule has 0 spiro atoms. The van der Waals surface area contributed by atoms with E-state index in [4.69, 9.17) is 23.7 Å². The van der Waals surface area contributed by atoms with Crippen LogP contribution in [0.15, 0.2) is 18.2 Å². The van der Waals surface area contributed by atoms with Gasteiger partial charge in [-0.1, -0.05) is 12.1 Å². The van der Waals surface area contributed by atoms with Gasteiger partial charge in [0.15, 0.2) is 17.9 Å². The van der Waals surface area contributed by atoms with E-state index >= 15 is 0 Å². The fourth-order valence-corrected chi connectivity index (χ4v) is 7.58. The first-order valence-electron chi connectivity index (χ1n) is 14.8. The van der Waals surface area contributed by atoms with Crippen molar-refractivity contribution in [1.29, 1.82) is 5.26 Å². The lowest BCUT2D eigenvalue weighted by atomic mass is 9.72. The zero-order valence-corrected chi connectivity index (χ0v) is 24.8.